The lowest BCUT2D eigenvalue weighted by Crippen LogP contribution is -2.39. The van der Waals surface area contributed by atoms with Gasteiger partial charge in [-0.15, -0.1) is 0 Å². The van der Waals surface area contributed by atoms with Crippen molar-refractivity contribution in [1.29, 1.82) is 0 Å². The van der Waals surface area contributed by atoms with Gasteiger partial charge < -0.3 is 20.7 Å². The minimum Gasteiger partial charge on any atom is -0.489 e. The van der Waals surface area contributed by atoms with Gasteiger partial charge in [0.2, 0.25) is 5.91 Å². The first-order chi connectivity index (χ1) is 15.0. The molecule has 0 aliphatic rings. The Balaban J connectivity index is 1.42. The van der Waals surface area contributed by atoms with E-state index in [1.807, 2.05) is 6.07 Å². The molecule has 3 N–H and O–H groups in total. The second-order valence-electron chi connectivity index (χ2n) is 6.66. The van der Waals surface area contributed by atoms with E-state index in [0.717, 1.165) is 11.1 Å². The van der Waals surface area contributed by atoms with E-state index in [-0.39, 0.29) is 31.3 Å². The number of carbonyl (C=O) groups excluding carboxylic acids is 2. The zero-order chi connectivity index (χ0) is 22.1. The van der Waals surface area contributed by atoms with Crippen LogP contribution >= 0.6 is 0 Å². The summed E-state index contributed by atoms with van der Waals surface area (Å²) in [7, 11) is 0. The predicted octanol–water partition coefficient (Wildman–Crippen LogP) is 3.98. The van der Waals surface area contributed by atoms with E-state index in [1.165, 1.54) is 24.3 Å². The summed E-state index contributed by atoms with van der Waals surface area (Å²) in [5.41, 5.74) is 2.06. The van der Waals surface area contributed by atoms with E-state index < -0.39 is 11.9 Å². The molecule has 0 unspecified atom stereocenters. The molecule has 6 nitrogen and oxygen atoms in total. The molecule has 0 atom stereocenters. The Kier molecular flexibility index (Phi) is 7.53. The zero-order valence-electron chi connectivity index (χ0n) is 16.5. The Morgan fingerprint density at radius 2 is 1.58 bits per heavy atom. The van der Waals surface area contributed by atoms with E-state index in [1.54, 1.807) is 42.5 Å². The second-order valence-corrected chi connectivity index (χ2v) is 6.66. The lowest BCUT2D eigenvalue weighted by atomic mass is 10.2. The molecule has 3 aromatic carbocycles. The van der Waals surface area contributed by atoms with Crippen LogP contribution in [0.4, 0.5) is 19.3 Å². The number of amides is 3. The van der Waals surface area contributed by atoms with Gasteiger partial charge in [0.15, 0.2) is 0 Å². The molecule has 0 saturated heterocycles. The van der Waals surface area contributed by atoms with Crippen molar-refractivity contribution in [3.05, 3.63) is 95.6 Å². The van der Waals surface area contributed by atoms with E-state index in [0.29, 0.717) is 11.4 Å². The van der Waals surface area contributed by atoms with Crippen LogP contribution in [0.3, 0.4) is 0 Å². The van der Waals surface area contributed by atoms with Gasteiger partial charge in [-0.3, -0.25) is 4.79 Å². The molecular weight excluding hydrogens is 404 g/mol. The fourth-order valence-electron chi connectivity index (χ4n) is 2.68. The van der Waals surface area contributed by atoms with E-state index in [9.17, 15) is 18.4 Å². The molecule has 0 bridgehead atoms. The van der Waals surface area contributed by atoms with Crippen LogP contribution in [-0.2, 0) is 17.9 Å². The summed E-state index contributed by atoms with van der Waals surface area (Å²) in [6.45, 7) is 0.192. The van der Waals surface area contributed by atoms with Crippen molar-refractivity contribution >= 4 is 17.6 Å². The van der Waals surface area contributed by atoms with Gasteiger partial charge >= 0.3 is 6.03 Å². The Labute approximate surface area is 178 Å². The van der Waals surface area contributed by atoms with Crippen molar-refractivity contribution in [2.45, 2.75) is 13.2 Å². The third kappa shape index (κ3) is 7.43. The van der Waals surface area contributed by atoms with Gasteiger partial charge in [0.05, 0.1) is 6.54 Å². The summed E-state index contributed by atoms with van der Waals surface area (Å²) in [5, 5.41) is 7.73. The highest BCUT2D eigenvalue weighted by molar-refractivity contribution is 5.94. The van der Waals surface area contributed by atoms with Gasteiger partial charge in [0.25, 0.3) is 0 Å². The van der Waals surface area contributed by atoms with Gasteiger partial charge in [-0.2, -0.15) is 0 Å². The number of carbonyl (C=O) groups is 2. The molecule has 0 radical (unpaired) electrons. The zero-order valence-corrected chi connectivity index (χ0v) is 16.5. The Morgan fingerprint density at radius 1 is 0.806 bits per heavy atom. The van der Waals surface area contributed by atoms with Crippen LogP contribution in [0.5, 0.6) is 5.75 Å². The van der Waals surface area contributed by atoms with E-state index in [4.69, 9.17) is 4.74 Å². The maximum atomic E-state index is 13.2. The van der Waals surface area contributed by atoms with Gasteiger partial charge in [-0.05, 0) is 47.5 Å². The highest BCUT2D eigenvalue weighted by Gasteiger charge is 2.07. The highest BCUT2D eigenvalue weighted by atomic mass is 19.1. The van der Waals surface area contributed by atoms with Gasteiger partial charge in [0.1, 0.15) is 24.0 Å². The SMILES string of the molecule is O=C(CNC(=O)NCc1ccc(F)cc1)Nc1cccc(COc2cccc(F)c2)c1. The number of hydrogen-bond donors (Lipinski definition) is 3. The summed E-state index contributed by atoms with van der Waals surface area (Å²) in [4.78, 5) is 23.9. The smallest absolute Gasteiger partial charge is 0.315 e. The fraction of sp³-hybridized carbons (Fsp3) is 0.130. The normalized spacial score (nSPS) is 10.3. The molecule has 31 heavy (non-hydrogen) atoms. The van der Waals surface area contributed by atoms with Crippen molar-refractivity contribution in [1.82, 2.24) is 10.6 Å². The first-order valence-corrected chi connectivity index (χ1v) is 9.51. The summed E-state index contributed by atoms with van der Waals surface area (Å²) in [6.07, 6.45) is 0. The quantitative estimate of drug-likeness (QED) is 0.511. The number of hydrogen-bond acceptors (Lipinski definition) is 3. The van der Waals surface area contributed by atoms with Crippen molar-refractivity contribution in [2.24, 2.45) is 0 Å². The first kappa shape index (κ1) is 21.8. The molecule has 8 heteroatoms. The lowest BCUT2D eigenvalue weighted by Gasteiger charge is -2.10. The topological polar surface area (TPSA) is 79.5 Å². The largest absolute Gasteiger partial charge is 0.489 e. The number of halogens is 2. The molecule has 0 aliphatic carbocycles. The number of ether oxygens (including phenoxy) is 1. The minimum absolute atomic E-state index is 0.206. The standard InChI is InChI=1S/C23H21F2N3O3/c24-18-9-7-16(8-10-18)13-26-23(30)27-14-22(29)28-20-5-1-3-17(11-20)15-31-21-6-2-4-19(25)12-21/h1-12H,13-15H2,(H,28,29)(H2,26,27,30). The molecule has 3 amide bonds. The third-order valence-corrected chi connectivity index (χ3v) is 4.19. The molecule has 3 rings (SSSR count). The first-order valence-electron chi connectivity index (χ1n) is 9.51. The molecule has 0 aromatic heterocycles. The molecule has 0 saturated carbocycles. The van der Waals surface area contributed by atoms with Crippen LogP contribution in [-0.4, -0.2) is 18.5 Å². The van der Waals surface area contributed by atoms with Crippen LogP contribution in [0.15, 0.2) is 72.8 Å². The summed E-state index contributed by atoms with van der Waals surface area (Å²) in [5.74, 6) is -0.729. The highest BCUT2D eigenvalue weighted by Crippen LogP contribution is 2.16. The number of anilines is 1. The summed E-state index contributed by atoms with van der Waals surface area (Å²) in [6, 6.07) is 18.1. The maximum absolute atomic E-state index is 13.2. The molecule has 160 valence electrons. The van der Waals surface area contributed by atoms with Crippen LogP contribution in [0.2, 0.25) is 0 Å². The Hall–Kier alpha value is -3.94. The second kappa shape index (κ2) is 10.7. The fourth-order valence-corrected chi connectivity index (χ4v) is 2.68. The van der Waals surface area contributed by atoms with E-state index >= 15 is 0 Å². The van der Waals surface area contributed by atoms with Crippen molar-refractivity contribution in [2.75, 3.05) is 11.9 Å². The summed E-state index contributed by atoms with van der Waals surface area (Å²) >= 11 is 0. The van der Waals surface area contributed by atoms with E-state index in [2.05, 4.69) is 16.0 Å². The number of urea groups is 1. The summed E-state index contributed by atoms with van der Waals surface area (Å²) < 4.78 is 31.6. The van der Waals surface area contributed by atoms with Gasteiger partial charge in [0, 0.05) is 18.3 Å². The Bertz CT molecular complexity index is 1040. The molecular formula is C23H21F2N3O3. The van der Waals surface area contributed by atoms with Crippen LogP contribution in [0, 0.1) is 11.6 Å². The Morgan fingerprint density at radius 3 is 2.35 bits per heavy atom. The molecule has 0 heterocycles. The minimum atomic E-state index is -0.517. The molecule has 0 fully saturated rings. The molecule has 0 spiro atoms. The predicted molar refractivity (Wildman–Crippen MR) is 112 cm³/mol. The number of benzene rings is 3. The van der Waals surface area contributed by atoms with Gasteiger partial charge in [-0.1, -0.05) is 30.3 Å². The monoisotopic (exact) mass is 425 g/mol. The number of nitrogens with one attached hydrogen (secondary N) is 3. The van der Waals surface area contributed by atoms with Crippen LogP contribution < -0.4 is 20.7 Å². The number of rotatable bonds is 8. The average Bonchev–Trinajstić information content (AvgIpc) is 2.76. The maximum Gasteiger partial charge on any atom is 0.315 e. The molecule has 3 aromatic rings. The third-order valence-electron chi connectivity index (χ3n) is 4.19. The van der Waals surface area contributed by atoms with Crippen LogP contribution in [0.1, 0.15) is 11.1 Å². The average molecular weight is 425 g/mol. The lowest BCUT2D eigenvalue weighted by molar-refractivity contribution is -0.115. The molecule has 0 aliphatic heterocycles. The van der Waals surface area contributed by atoms with Crippen LogP contribution in [0.25, 0.3) is 0 Å². The van der Waals surface area contributed by atoms with Crippen molar-refractivity contribution in [3.8, 4) is 5.75 Å². The van der Waals surface area contributed by atoms with Gasteiger partial charge in [-0.25, -0.2) is 13.6 Å². The van der Waals surface area contributed by atoms with Crippen molar-refractivity contribution < 1.29 is 23.1 Å². The van der Waals surface area contributed by atoms with Crippen molar-refractivity contribution in [3.63, 3.8) is 0 Å².